The first kappa shape index (κ1) is 24.6. The number of carbonyl (C=O) groups is 1. The number of nitrogens with zero attached hydrogens (tertiary/aromatic N) is 1. The standard InChI is InChI=1S/C22H32NO8P/c1-15(2)21(24)29-14-30-32(25,26)31-17-8-9-22(10-11-23(3)20(22)13-17)16-6-7-18(27-4)19(12-16)28-5/h6-7,12-13,15,20H,8-11,14H2,1-5H3,(H,25,26). The third-order valence-electron chi connectivity index (χ3n) is 6.19. The number of allylic oxidation sites excluding steroid dienone is 1. The molecule has 0 bridgehead atoms. The minimum atomic E-state index is -4.42. The van der Waals surface area contributed by atoms with Crippen LogP contribution in [0.1, 0.15) is 38.7 Å². The van der Waals surface area contributed by atoms with Gasteiger partial charge in [0.15, 0.2) is 11.5 Å². The summed E-state index contributed by atoms with van der Waals surface area (Å²) in [5, 5.41) is 0. The van der Waals surface area contributed by atoms with Gasteiger partial charge in [0.25, 0.3) is 0 Å². The van der Waals surface area contributed by atoms with Gasteiger partial charge in [-0.2, -0.15) is 0 Å². The van der Waals surface area contributed by atoms with E-state index in [0.29, 0.717) is 23.7 Å². The molecule has 2 aliphatic rings. The Hall–Kier alpha value is -2.06. The maximum absolute atomic E-state index is 12.3. The van der Waals surface area contributed by atoms with E-state index >= 15 is 0 Å². The van der Waals surface area contributed by atoms with Crippen LogP contribution in [0.15, 0.2) is 30.0 Å². The van der Waals surface area contributed by atoms with Crippen molar-refractivity contribution in [1.29, 1.82) is 0 Å². The number of likely N-dealkylation sites (tertiary alicyclic amines) is 1. The highest BCUT2D eigenvalue weighted by molar-refractivity contribution is 7.47. The number of methoxy groups -OCH3 is 2. The maximum Gasteiger partial charge on any atom is 0.530 e. The molecule has 0 amide bonds. The van der Waals surface area contributed by atoms with Crippen molar-refractivity contribution in [1.82, 2.24) is 4.90 Å². The highest BCUT2D eigenvalue weighted by Crippen LogP contribution is 2.53. The van der Waals surface area contributed by atoms with Crippen LogP contribution in [0.4, 0.5) is 0 Å². The van der Waals surface area contributed by atoms with E-state index in [4.69, 9.17) is 23.3 Å². The zero-order chi connectivity index (χ0) is 23.5. The molecule has 1 aliphatic heterocycles. The average Bonchev–Trinajstić information content (AvgIpc) is 3.09. The second kappa shape index (κ2) is 9.83. The van der Waals surface area contributed by atoms with E-state index in [9.17, 15) is 14.3 Å². The molecule has 0 radical (unpaired) electrons. The molecule has 1 aromatic carbocycles. The number of rotatable bonds is 9. The number of phosphoric ester groups is 1. The van der Waals surface area contributed by atoms with Crippen LogP contribution >= 0.6 is 7.82 Å². The average molecular weight is 469 g/mol. The molecule has 3 atom stereocenters. The molecule has 1 heterocycles. The van der Waals surface area contributed by atoms with Crippen molar-refractivity contribution in [3.63, 3.8) is 0 Å². The zero-order valence-electron chi connectivity index (χ0n) is 19.2. The minimum Gasteiger partial charge on any atom is -0.493 e. The van der Waals surface area contributed by atoms with E-state index in [1.807, 2.05) is 25.3 Å². The Kier molecular flexibility index (Phi) is 7.55. The Labute approximate surface area is 188 Å². The van der Waals surface area contributed by atoms with Gasteiger partial charge in [-0.3, -0.25) is 14.6 Å². The molecule has 9 nitrogen and oxygen atoms in total. The summed E-state index contributed by atoms with van der Waals surface area (Å²) in [6.07, 6.45) is 4.02. The zero-order valence-corrected chi connectivity index (χ0v) is 20.1. The van der Waals surface area contributed by atoms with Crippen LogP contribution in [-0.2, 0) is 28.6 Å². The SMILES string of the molecule is COc1ccc(C23CCC(OP(=O)(O)OCOC(=O)C(C)C)=CC2N(C)CC3)cc1OC. The number of hydrogen-bond acceptors (Lipinski definition) is 8. The molecule has 32 heavy (non-hydrogen) atoms. The first-order chi connectivity index (χ1) is 15.1. The number of fused-ring (bicyclic) bond motifs is 1. The van der Waals surface area contributed by atoms with E-state index in [1.54, 1.807) is 28.1 Å². The summed E-state index contributed by atoms with van der Waals surface area (Å²) >= 11 is 0. The van der Waals surface area contributed by atoms with Crippen molar-refractivity contribution in [3.8, 4) is 11.5 Å². The van der Waals surface area contributed by atoms with Crippen molar-refractivity contribution < 1.29 is 37.5 Å². The fourth-order valence-electron chi connectivity index (χ4n) is 4.42. The third-order valence-corrected chi connectivity index (χ3v) is 7.09. The van der Waals surface area contributed by atoms with E-state index in [0.717, 1.165) is 24.9 Å². The first-order valence-electron chi connectivity index (χ1n) is 10.6. The number of ether oxygens (including phenoxy) is 3. The normalized spacial score (nSPS) is 25.0. The highest BCUT2D eigenvalue weighted by atomic mass is 31.2. The van der Waals surface area contributed by atoms with Crippen LogP contribution in [0.5, 0.6) is 11.5 Å². The van der Waals surface area contributed by atoms with Crippen molar-refractivity contribution in [2.75, 3.05) is 34.6 Å². The highest BCUT2D eigenvalue weighted by Gasteiger charge is 2.49. The van der Waals surface area contributed by atoms with Gasteiger partial charge < -0.3 is 18.7 Å². The summed E-state index contributed by atoms with van der Waals surface area (Å²) in [6, 6.07) is 5.94. The summed E-state index contributed by atoms with van der Waals surface area (Å²) in [7, 11) is 0.817. The molecular formula is C22H32NO8P. The summed E-state index contributed by atoms with van der Waals surface area (Å²) in [4.78, 5) is 23.8. The summed E-state index contributed by atoms with van der Waals surface area (Å²) in [6.45, 7) is 3.55. The number of benzene rings is 1. The van der Waals surface area contributed by atoms with Gasteiger partial charge in [0.1, 0.15) is 5.76 Å². The van der Waals surface area contributed by atoms with Crippen LogP contribution in [0.3, 0.4) is 0 Å². The lowest BCUT2D eigenvalue weighted by Crippen LogP contribution is -2.42. The van der Waals surface area contributed by atoms with Gasteiger partial charge in [-0.25, -0.2) is 9.09 Å². The Balaban J connectivity index is 1.76. The van der Waals surface area contributed by atoms with Gasteiger partial charge in [0, 0.05) is 17.9 Å². The first-order valence-corrected chi connectivity index (χ1v) is 12.1. The quantitative estimate of drug-likeness (QED) is 0.330. The second-order valence-electron chi connectivity index (χ2n) is 8.46. The molecule has 0 aromatic heterocycles. The summed E-state index contributed by atoms with van der Waals surface area (Å²) < 4.78 is 38.2. The molecule has 0 spiro atoms. The predicted molar refractivity (Wildman–Crippen MR) is 117 cm³/mol. The molecule has 1 saturated heterocycles. The van der Waals surface area contributed by atoms with Crippen molar-refractivity contribution in [2.45, 2.75) is 44.6 Å². The number of esters is 1. The lowest BCUT2D eigenvalue weighted by atomic mass is 9.68. The number of phosphoric acid groups is 1. The monoisotopic (exact) mass is 469 g/mol. The Bertz CT molecular complexity index is 917. The number of hydrogen-bond donors (Lipinski definition) is 1. The van der Waals surface area contributed by atoms with Crippen LogP contribution in [0, 0.1) is 5.92 Å². The second-order valence-corrected chi connectivity index (χ2v) is 9.84. The van der Waals surface area contributed by atoms with Crippen LogP contribution in [0.2, 0.25) is 0 Å². The predicted octanol–water partition coefficient (Wildman–Crippen LogP) is 3.61. The van der Waals surface area contributed by atoms with Crippen LogP contribution in [0.25, 0.3) is 0 Å². The van der Waals surface area contributed by atoms with E-state index < -0.39 is 20.6 Å². The summed E-state index contributed by atoms with van der Waals surface area (Å²) in [5.41, 5.74) is 0.956. The molecule has 10 heteroatoms. The molecule has 3 rings (SSSR count). The van der Waals surface area contributed by atoms with E-state index in [2.05, 4.69) is 11.0 Å². The van der Waals surface area contributed by atoms with Gasteiger partial charge in [0.2, 0.25) is 6.79 Å². The van der Waals surface area contributed by atoms with Crippen LogP contribution < -0.4 is 9.47 Å². The molecule has 178 valence electrons. The van der Waals surface area contributed by atoms with E-state index in [1.165, 1.54) is 0 Å². The van der Waals surface area contributed by atoms with Crippen LogP contribution in [-0.4, -0.2) is 56.4 Å². The third kappa shape index (κ3) is 5.12. The molecular weight excluding hydrogens is 437 g/mol. The molecule has 1 N–H and O–H groups in total. The number of carbonyl (C=O) groups excluding carboxylic acids is 1. The Morgan fingerprint density at radius 1 is 1.25 bits per heavy atom. The van der Waals surface area contributed by atoms with Gasteiger partial charge in [0.05, 0.1) is 20.1 Å². The number of likely N-dealkylation sites (N-methyl/N-ethyl adjacent to an activating group) is 1. The largest absolute Gasteiger partial charge is 0.530 e. The van der Waals surface area contributed by atoms with Gasteiger partial charge in [-0.1, -0.05) is 19.9 Å². The Morgan fingerprint density at radius 3 is 2.62 bits per heavy atom. The van der Waals surface area contributed by atoms with Crippen molar-refractivity contribution >= 4 is 13.8 Å². The minimum absolute atomic E-state index is 0.0249. The van der Waals surface area contributed by atoms with E-state index in [-0.39, 0.29) is 17.4 Å². The molecule has 1 fully saturated rings. The smallest absolute Gasteiger partial charge is 0.493 e. The molecule has 0 saturated carbocycles. The molecule has 1 aromatic rings. The van der Waals surface area contributed by atoms with Gasteiger partial charge in [-0.05, 0) is 50.2 Å². The van der Waals surface area contributed by atoms with Gasteiger partial charge >= 0.3 is 13.8 Å². The van der Waals surface area contributed by atoms with Gasteiger partial charge in [-0.15, -0.1) is 0 Å². The van der Waals surface area contributed by atoms with Crippen molar-refractivity contribution in [3.05, 3.63) is 35.6 Å². The molecule has 3 unspecified atom stereocenters. The fourth-order valence-corrected chi connectivity index (χ4v) is 5.11. The van der Waals surface area contributed by atoms with Crippen molar-refractivity contribution in [2.24, 2.45) is 5.92 Å². The Morgan fingerprint density at radius 2 is 1.97 bits per heavy atom. The molecule has 1 aliphatic carbocycles. The summed E-state index contributed by atoms with van der Waals surface area (Å²) in [5.74, 6) is 0.849. The topological polar surface area (TPSA) is 104 Å². The fraction of sp³-hybridized carbons (Fsp3) is 0.591. The maximum atomic E-state index is 12.3. The lowest BCUT2D eigenvalue weighted by Gasteiger charge is -2.40. The lowest BCUT2D eigenvalue weighted by molar-refractivity contribution is -0.154.